The van der Waals surface area contributed by atoms with Gasteiger partial charge < -0.3 is 10.1 Å². The van der Waals surface area contributed by atoms with Crippen LogP contribution >= 0.6 is 11.3 Å². The maximum atomic E-state index is 12.5. The predicted molar refractivity (Wildman–Crippen MR) is 118 cm³/mol. The molecule has 156 valence electrons. The number of aromatic nitrogens is 2. The molecule has 0 aliphatic carbocycles. The van der Waals surface area contributed by atoms with Crippen molar-refractivity contribution >= 4 is 28.9 Å². The first-order chi connectivity index (χ1) is 14.5. The number of amides is 1. The minimum atomic E-state index is -0.904. The average molecular weight is 424 g/mol. The maximum absolute atomic E-state index is 12.5. The Bertz CT molecular complexity index is 1000. The Morgan fingerprint density at radius 2 is 1.97 bits per heavy atom. The largest absolute Gasteiger partial charge is 0.452 e. The van der Waals surface area contributed by atoms with Crippen LogP contribution in [0.3, 0.4) is 0 Å². The average Bonchev–Trinajstić information content (AvgIpc) is 3.22. The van der Waals surface area contributed by atoms with Crippen LogP contribution in [0.1, 0.15) is 44.4 Å². The van der Waals surface area contributed by atoms with Gasteiger partial charge in [-0.25, -0.2) is 4.98 Å². The van der Waals surface area contributed by atoms with Crippen molar-refractivity contribution in [1.82, 2.24) is 9.97 Å². The molecule has 0 spiro atoms. The Hall–Kier alpha value is -3.06. The van der Waals surface area contributed by atoms with E-state index in [2.05, 4.69) is 29.1 Å². The Morgan fingerprint density at radius 3 is 2.70 bits per heavy atom. The highest BCUT2D eigenvalue weighted by atomic mass is 32.1. The molecule has 0 aliphatic heterocycles. The number of nitrogens with zero attached hydrogens (tertiary/aromatic N) is 2. The normalized spacial score (nSPS) is 12.8. The topological polar surface area (TPSA) is 81.2 Å². The van der Waals surface area contributed by atoms with E-state index in [0.717, 1.165) is 28.2 Å². The summed E-state index contributed by atoms with van der Waals surface area (Å²) in [5.41, 5.74) is 3.33. The molecule has 0 unspecified atom stereocenters. The molecule has 0 radical (unpaired) electrons. The number of carbonyl (C=O) groups is 2. The van der Waals surface area contributed by atoms with Gasteiger partial charge in [0.05, 0.1) is 12.1 Å². The first-order valence-electron chi connectivity index (χ1n) is 9.92. The molecule has 30 heavy (non-hydrogen) atoms. The summed E-state index contributed by atoms with van der Waals surface area (Å²) in [5, 5.41) is 5.49. The molecule has 6 nitrogen and oxygen atoms in total. The lowest BCUT2D eigenvalue weighted by Gasteiger charge is -2.18. The zero-order chi connectivity index (χ0) is 21.5. The lowest BCUT2D eigenvalue weighted by atomic mass is 9.97. The van der Waals surface area contributed by atoms with Crippen molar-refractivity contribution in [3.05, 3.63) is 65.4 Å². The Morgan fingerprint density at radius 1 is 1.17 bits per heavy atom. The number of hydrogen-bond donors (Lipinski definition) is 1. The van der Waals surface area contributed by atoms with Gasteiger partial charge in [0.1, 0.15) is 5.01 Å². The highest BCUT2D eigenvalue weighted by Crippen LogP contribution is 2.27. The second kappa shape index (κ2) is 10.1. The first-order valence-corrected chi connectivity index (χ1v) is 10.8. The summed E-state index contributed by atoms with van der Waals surface area (Å²) >= 11 is 1.44. The van der Waals surface area contributed by atoms with Crippen LogP contribution in [0.15, 0.2) is 54.2 Å². The zero-order valence-electron chi connectivity index (χ0n) is 17.3. The molecule has 0 fully saturated rings. The minimum Gasteiger partial charge on any atom is -0.452 e. The predicted octanol–water partition coefficient (Wildman–Crippen LogP) is 4.83. The highest BCUT2D eigenvalue weighted by Gasteiger charge is 2.20. The quantitative estimate of drug-likeness (QED) is 0.525. The standard InChI is InChI=1S/C23H25N3O3S/c1-4-15(2)19-9-5-6-10-20(19)26-22(28)16(3)29-21(27)12-18-14-30-23(25-18)17-8-7-11-24-13-17/h5-11,13-16H,4,12H2,1-3H3,(H,26,28)/t15-,16-/m1/s1. The van der Waals surface area contributed by atoms with E-state index in [-0.39, 0.29) is 12.3 Å². The van der Waals surface area contributed by atoms with Crippen molar-refractivity contribution in [2.24, 2.45) is 0 Å². The van der Waals surface area contributed by atoms with E-state index >= 15 is 0 Å². The molecule has 7 heteroatoms. The first kappa shape index (κ1) is 21.6. The van der Waals surface area contributed by atoms with E-state index < -0.39 is 12.1 Å². The van der Waals surface area contributed by atoms with Crippen molar-refractivity contribution in [3.8, 4) is 10.6 Å². The molecule has 3 rings (SSSR count). The Balaban J connectivity index is 1.57. The molecule has 2 aromatic heterocycles. The zero-order valence-corrected chi connectivity index (χ0v) is 18.1. The van der Waals surface area contributed by atoms with Gasteiger partial charge in [0.2, 0.25) is 0 Å². The van der Waals surface area contributed by atoms with E-state index in [0.29, 0.717) is 11.6 Å². The van der Waals surface area contributed by atoms with Gasteiger partial charge in [0, 0.05) is 29.0 Å². The third-order valence-electron chi connectivity index (χ3n) is 4.83. The fourth-order valence-electron chi connectivity index (χ4n) is 2.95. The van der Waals surface area contributed by atoms with Crippen LogP contribution in [0.25, 0.3) is 10.6 Å². The van der Waals surface area contributed by atoms with Crippen molar-refractivity contribution in [3.63, 3.8) is 0 Å². The van der Waals surface area contributed by atoms with Crippen molar-refractivity contribution < 1.29 is 14.3 Å². The lowest BCUT2D eigenvalue weighted by molar-refractivity contribution is -0.152. The molecule has 3 aromatic rings. The molecule has 0 aliphatic rings. The number of benzene rings is 1. The van der Waals surface area contributed by atoms with Gasteiger partial charge in [0.25, 0.3) is 5.91 Å². The monoisotopic (exact) mass is 423 g/mol. The number of para-hydroxylation sites is 1. The highest BCUT2D eigenvalue weighted by molar-refractivity contribution is 7.13. The van der Waals surface area contributed by atoms with Gasteiger partial charge in [-0.15, -0.1) is 11.3 Å². The summed E-state index contributed by atoms with van der Waals surface area (Å²) in [6, 6.07) is 11.4. The van der Waals surface area contributed by atoms with Crippen LogP contribution in [0.2, 0.25) is 0 Å². The number of carbonyl (C=O) groups excluding carboxylic acids is 2. The Kier molecular flexibility index (Phi) is 7.30. The van der Waals surface area contributed by atoms with Gasteiger partial charge >= 0.3 is 5.97 Å². The molecule has 0 saturated carbocycles. The van der Waals surface area contributed by atoms with Gasteiger partial charge in [-0.3, -0.25) is 14.6 Å². The Labute approximate surface area is 180 Å². The molecule has 2 heterocycles. The fourth-order valence-corrected chi connectivity index (χ4v) is 3.76. The number of ether oxygens (including phenoxy) is 1. The van der Waals surface area contributed by atoms with Crippen LogP contribution in [-0.2, 0) is 20.7 Å². The van der Waals surface area contributed by atoms with Crippen molar-refractivity contribution in [2.75, 3.05) is 5.32 Å². The number of rotatable bonds is 8. The third-order valence-corrected chi connectivity index (χ3v) is 5.77. The molecular weight excluding hydrogens is 398 g/mol. The van der Waals surface area contributed by atoms with Crippen molar-refractivity contribution in [1.29, 1.82) is 0 Å². The maximum Gasteiger partial charge on any atom is 0.312 e. The molecule has 1 N–H and O–H groups in total. The van der Waals surface area contributed by atoms with E-state index in [1.807, 2.05) is 41.8 Å². The SMILES string of the molecule is CC[C@@H](C)c1ccccc1NC(=O)[C@@H](C)OC(=O)Cc1csc(-c2cccnc2)n1. The smallest absolute Gasteiger partial charge is 0.312 e. The molecular formula is C23H25N3O3S. The number of nitrogens with one attached hydrogen (secondary N) is 1. The number of hydrogen-bond acceptors (Lipinski definition) is 6. The third kappa shape index (κ3) is 5.51. The van der Waals surface area contributed by atoms with E-state index in [1.165, 1.54) is 11.3 Å². The summed E-state index contributed by atoms with van der Waals surface area (Å²) in [6.07, 6.45) is 3.50. The van der Waals surface area contributed by atoms with Gasteiger partial charge in [-0.05, 0) is 43.0 Å². The fraction of sp³-hybridized carbons (Fsp3) is 0.304. The van der Waals surface area contributed by atoms with Crippen molar-refractivity contribution in [2.45, 2.75) is 45.6 Å². The molecule has 1 aromatic carbocycles. The number of thiazole rings is 1. The summed E-state index contributed by atoms with van der Waals surface area (Å²) in [7, 11) is 0. The van der Waals surface area contributed by atoms with Crippen LogP contribution in [0.5, 0.6) is 0 Å². The van der Waals surface area contributed by atoms with Gasteiger partial charge in [-0.2, -0.15) is 0 Å². The summed E-state index contributed by atoms with van der Waals surface area (Å²) in [4.78, 5) is 33.4. The number of pyridine rings is 1. The van der Waals surface area contributed by atoms with E-state index in [1.54, 1.807) is 19.3 Å². The molecule has 1 amide bonds. The second-order valence-electron chi connectivity index (χ2n) is 7.08. The van der Waals surface area contributed by atoms with Crippen LogP contribution < -0.4 is 5.32 Å². The lowest BCUT2D eigenvalue weighted by Crippen LogP contribution is -2.31. The van der Waals surface area contributed by atoms with Gasteiger partial charge in [0.15, 0.2) is 6.10 Å². The number of esters is 1. The minimum absolute atomic E-state index is 0.0117. The molecule has 0 bridgehead atoms. The van der Waals surface area contributed by atoms with Crippen LogP contribution in [0.4, 0.5) is 5.69 Å². The van der Waals surface area contributed by atoms with Crippen LogP contribution in [-0.4, -0.2) is 27.9 Å². The number of anilines is 1. The summed E-state index contributed by atoms with van der Waals surface area (Å²) in [5.74, 6) is -0.526. The van der Waals surface area contributed by atoms with Gasteiger partial charge in [-0.1, -0.05) is 32.0 Å². The molecule has 0 saturated heterocycles. The molecule has 2 atom stereocenters. The second-order valence-corrected chi connectivity index (χ2v) is 7.94. The van der Waals surface area contributed by atoms with E-state index in [4.69, 9.17) is 4.74 Å². The summed E-state index contributed by atoms with van der Waals surface area (Å²) in [6.45, 7) is 5.79. The summed E-state index contributed by atoms with van der Waals surface area (Å²) < 4.78 is 5.33. The van der Waals surface area contributed by atoms with E-state index in [9.17, 15) is 9.59 Å². The van der Waals surface area contributed by atoms with Crippen LogP contribution in [0, 0.1) is 0 Å².